The average Bonchev–Trinajstić information content (AvgIpc) is 2.84. The van der Waals surface area contributed by atoms with Gasteiger partial charge in [0.05, 0.1) is 24.6 Å². The van der Waals surface area contributed by atoms with E-state index in [1.54, 1.807) is 0 Å². The Bertz CT molecular complexity index is 940. The maximum atomic E-state index is 12.8. The number of aromatic nitrogens is 2. The van der Waals surface area contributed by atoms with Crippen LogP contribution in [0.15, 0.2) is 36.7 Å². The van der Waals surface area contributed by atoms with Crippen molar-refractivity contribution in [2.45, 2.75) is 45.1 Å². The first-order valence-electron chi connectivity index (χ1n) is 13.0. The van der Waals surface area contributed by atoms with E-state index in [1.165, 1.54) is 24.8 Å². The molecule has 0 atom stereocenters. The summed E-state index contributed by atoms with van der Waals surface area (Å²) in [5.41, 5.74) is 3.33. The van der Waals surface area contributed by atoms with Gasteiger partial charge in [0.15, 0.2) is 0 Å². The second-order valence-corrected chi connectivity index (χ2v) is 10.3. The summed E-state index contributed by atoms with van der Waals surface area (Å²) in [7, 11) is 0. The molecule has 0 radical (unpaired) electrons. The predicted octanol–water partition coefficient (Wildman–Crippen LogP) is 3.09. The monoisotopic (exact) mass is 462 g/mol. The third-order valence-electron chi connectivity index (χ3n) is 7.82. The summed E-state index contributed by atoms with van der Waals surface area (Å²) in [5, 5.41) is 0. The van der Waals surface area contributed by atoms with Crippen molar-refractivity contribution in [1.82, 2.24) is 24.7 Å². The van der Waals surface area contributed by atoms with Crippen LogP contribution in [0, 0.1) is 0 Å². The van der Waals surface area contributed by atoms with Gasteiger partial charge in [-0.2, -0.15) is 0 Å². The Labute approximate surface area is 203 Å². The predicted molar refractivity (Wildman–Crippen MR) is 136 cm³/mol. The van der Waals surface area contributed by atoms with E-state index >= 15 is 0 Å². The molecule has 182 valence electrons. The number of hydrogen-bond acceptors (Lipinski definition) is 6. The Morgan fingerprint density at radius 1 is 0.912 bits per heavy atom. The molecular formula is C27H38N6O. The lowest BCUT2D eigenvalue weighted by atomic mass is 9.91. The topological polar surface area (TPSA) is 55.8 Å². The molecule has 2 saturated heterocycles. The van der Waals surface area contributed by atoms with Crippen LogP contribution in [0.5, 0.6) is 0 Å². The molecule has 3 fully saturated rings. The first kappa shape index (κ1) is 23.2. The molecule has 7 nitrogen and oxygen atoms in total. The molecule has 3 heterocycles. The summed E-state index contributed by atoms with van der Waals surface area (Å²) in [6.45, 7) is 12.3. The number of rotatable bonds is 6. The quantitative estimate of drug-likeness (QED) is 0.658. The van der Waals surface area contributed by atoms with Gasteiger partial charge in [-0.15, -0.1) is 0 Å². The van der Waals surface area contributed by atoms with E-state index in [0.717, 1.165) is 75.5 Å². The van der Waals surface area contributed by atoms with Crippen molar-refractivity contribution in [2.75, 3.05) is 63.8 Å². The highest BCUT2D eigenvalue weighted by molar-refractivity contribution is 5.78. The zero-order valence-electron chi connectivity index (χ0n) is 20.7. The van der Waals surface area contributed by atoms with E-state index in [-0.39, 0.29) is 5.91 Å². The van der Waals surface area contributed by atoms with Gasteiger partial charge in [-0.1, -0.05) is 44.5 Å². The van der Waals surface area contributed by atoms with Crippen LogP contribution < -0.4 is 4.90 Å². The standard InChI is InChI=1S/C27H38N6O/c1-21(2)22-6-8-23(9-7-22)25-18-29-26(19-28-25)32-12-10-30(11-13-32)20-27(34)33-16-14-31(15-17-33)24-4-3-5-24/h6-9,18-19,21,24H,3-5,10-17,20H2,1-2H3. The maximum Gasteiger partial charge on any atom is 0.236 e. The largest absolute Gasteiger partial charge is 0.353 e. The van der Waals surface area contributed by atoms with Crippen LogP contribution >= 0.6 is 0 Å². The van der Waals surface area contributed by atoms with Crippen LogP contribution in [0.4, 0.5) is 5.82 Å². The molecule has 0 unspecified atom stereocenters. The minimum Gasteiger partial charge on any atom is -0.353 e. The van der Waals surface area contributed by atoms with E-state index < -0.39 is 0 Å². The fourth-order valence-corrected chi connectivity index (χ4v) is 5.19. The number of benzene rings is 1. The van der Waals surface area contributed by atoms with E-state index in [1.807, 2.05) is 12.4 Å². The van der Waals surface area contributed by atoms with Crippen LogP contribution in [-0.2, 0) is 4.79 Å². The molecule has 0 N–H and O–H groups in total. The van der Waals surface area contributed by atoms with Crippen LogP contribution in [0.2, 0.25) is 0 Å². The molecule has 0 bridgehead atoms. The third-order valence-corrected chi connectivity index (χ3v) is 7.82. The van der Waals surface area contributed by atoms with E-state index in [9.17, 15) is 4.79 Å². The zero-order valence-corrected chi connectivity index (χ0v) is 20.7. The highest BCUT2D eigenvalue weighted by Crippen LogP contribution is 2.26. The number of amides is 1. The smallest absolute Gasteiger partial charge is 0.236 e. The van der Waals surface area contributed by atoms with E-state index in [0.29, 0.717) is 12.5 Å². The molecule has 1 aliphatic carbocycles. The van der Waals surface area contributed by atoms with Crippen molar-refractivity contribution in [2.24, 2.45) is 0 Å². The molecule has 1 aromatic heterocycles. The number of carbonyl (C=O) groups excluding carboxylic acids is 1. The summed E-state index contributed by atoms with van der Waals surface area (Å²) < 4.78 is 0. The summed E-state index contributed by atoms with van der Waals surface area (Å²) in [6, 6.07) is 9.38. The Morgan fingerprint density at radius 3 is 2.18 bits per heavy atom. The lowest BCUT2D eigenvalue weighted by molar-refractivity contribution is -0.134. The second-order valence-electron chi connectivity index (χ2n) is 10.3. The van der Waals surface area contributed by atoms with Gasteiger partial charge in [0.25, 0.3) is 0 Å². The molecule has 7 heteroatoms. The van der Waals surface area contributed by atoms with Crippen molar-refractivity contribution in [3.05, 3.63) is 42.2 Å². The van der Waals surface area contributed by atoms with Crippen LogP contribution in [-0.4, -0.2) is 95.5 Å². The third kappa shape index (κ3) is 5.26. The molecule has 3 aliphatic rings. The highest BCUT2D eigenvalue weighted by Gasteiger charge is 2.30. The second kappa shape index (κ2) is 10.4. The van der Waals surface area contributed by atoms with Crippen LogP contribution in [0.1, 0.15) is 44.6 Å². The number of carbonyl (C=O) groups is 1. The van der Waals surface area contributed by atoms with Crippen molar-refractivity contribution >= 4 is 11.7 Å². The maximum absolute atomic E-state index is 12.8. The number of hydrogen-bond donors (Lipinski definition) is 0. The average molecular weight is 463 g/mol. The summed E-state index contributed by atoms with van der Waals surface area (Å²) in [6.07, 6.45) is 7.82. The zero-order chi connectivity index (χ0) is 23.5. The van der Waals surface area contributed by atoms with Gasteiger partial charge in [-0.3, -0.25) is 19.6 Å². The molecule has 1 amide bonds. The van der Waals surface area contributed by atoms with Crippen molar-refractivity contribution in [1.29, 1.82) is 0 Å². The van der Waals surface area contributed by atoms with Crippen molar-refractivity contribution < 1.29 is 4.79 Å². The molecule has 1 saturated carbocycles. The fraction of sp³-hybridized carbons (Fsp3) is 0.593. The van der Waals surface area contributed by atoms with Crippen LogP contribution in [0.3, 0.4) is 0 Å². The summed E-state index contributed by atoms with van der Waals surface area (Å²) in [4.78, 5) is 31.4. The first-order valence-corrected chi connectivity index (χ1v) is 13.0. The van der Waals surface area contributed by atoms with Gasteiger partial charge in [-0.05, 0) is 24.3 Å². The fourth-order valence-electron chi connectivity index (χ4n) is 5.19. The van der Waals surface area contributed by atoms with E-state index in [2.05, 4.69) is 62.7 Å². The van der Waals surface area contributed by atoms with Gasteiger partial charge in [0, 0.05) is 64.0 Å². The van der Waals surface area contributed by atoms with Crippen molar-refractivity contribution in [3.63, 3.8) is 0 Å². The molecule has 1 aromatic carbocycles. The lowest BCUT2D eigenvalue weighted by Crippen LogP contribution is -2.56. The van der Waals surface area contributed by atoms with Crippen molar-refractivity contribution in [3.8, 4) is 11.3 Å². The highest BCUT2D eigenvalue weighted by atomic mass is 16.2. The molecular weight excluding hydrogens is 424 g/mol. The van der Waals surface area contributed by atoms with Crippen LogP contribution in [0.25, 0.3) is 11.3 Å². The number of anilines is 1. The van der Waals surface area contributed by atoms with Gasteiger partial charge in [-0.25, -0.2) is 4.98 Å². The van der Waals surface area contributed by atoms with Gasteiger partial charge >= 0.3 is 0 Å². The number of piperazine rings is 2. The SMILES string of the molecule is CC(C)c1ccc(-c2cnc(N3CCN(CC(=O)N4CCN(C5CCC5)CC4)CC3)cn2)cc1. The normalized spacial score (nSPS) is 20.6. The van der Waals surface area contributed by atoms with E-state index in [4.69, 9.17) is 4.98 Å². The van der Waals surface area contributed by atoms with Gasteiger partial charge in [0.1, 0.15) is 5.82 Å². The lowest BCUT2D eigenvalue weighted by Gasteiger charge is -2.43. The molecule has 2 aromatic rings. The minimum atomic E-state index is 0.286. The van der Waals surface area contributed by atoms with Gasteiger partial charge < -0.3 is 9.80 Å². The Balaban J connectivity index is 1.08. The Morgan fingerprint density at radius 2 is 1.62 bits per heavy atom. The Kier molecular flexibility index (Phi) is 7.11. The van der Waals surface area contributed by atoms with Gasteiger partial charge in [0.2, 0.25) is 5.91 Å². The number of nitrogens with zero attached hydrogens (tertiary/aromatic N) is 6. The summed E-state index contributed by atoms with van der Waals surface area (Å²) in [5.74, 6) is 1.73. The first-order chi connectivity index (χ1) is 16.6. The molecule has 34 heavy (non-hydrogen) atoms. The molecule has 0 spiro atoms. The summed E-state index contributed by atoms with van der Waals surface area (Å²) >= 11 is 0. The molecule has 5 rings (SSSR count). The minimum absolute atomic E-state index is 0.286. The Hall–Kier alpha value is -2.51. The molecule has 2 aliphatic heterocycles.